The number of carboxylic acid groups (broad SMARTS) is 1. The van der Waals surface area contributed by atoms with Gasteiger partial charge in [0.25, 0.3) is 11.8 Å². The van der Waals surface area contributed by atoms with Gasteiger partial charge in [0.2, 0.25) is 0 Å². The average Bonchev–Trinajstić information content (AvgIpc) is 2.75. The van der Waals surface area contributed by atoms with Crippen molar-refractivity contribution < 1.29 is 33.7 Å². The number of benzene rings is 2. The number of anilines is 1. The minimum absolute atomic E-state index is 0.0349. The van der Waals surface area contributed by atoms with Crippen LogP contribution in [0.5, 0.6) is 17.2 Å². The van der Waals surface area contributed by atoms with Gasteiger partial charge in [-0.05, 0) is 60.3 Å². The quantitative estimate of drug-likeness (QED) is 0.380. The van der Waals surface area contributed by atoms with Crippen LogP contribution >= 0.6 is 12.2 Å². The van der Waals surface area contributed by atoms with E-state index >= 15 is 0 Å². The number of ether oxygens (including phenoxy) is 3. The highest BCUT2D eigenvalue weighted by Crippen LogP contribution is 2.30. The Hall–Kier alpha value is -3.92. The minimum atomic E-state index is -1.13. The largest absolute Gasteiger partial charge is 0.497 e. The van der Waals surface area contributed by atoms with Crippen LogP contribution in [-0.4, -0.2) is 48.8 Å². The molecule has 2 amide bonds. The van der Waals surface area contributed by atoms with E-state index in [-0.39, 0.29) is 22.2 Å². The molecule has 3 rings (SSSR count). The highest BCUT2D eigenvalue weighted by Gasteiger charge is 2.34. The molecule has 0 atom stereocenters. The van der Waals surface area contributed by atoms with Gasteiger partial charge in [0.1, 0.15) is 11.3 Å². The van der Waals surface area contributed by atoms with Gasteiger partial charge in [-0.2, -0.15) is 0 Å². The van der Waals surface area contributed by atoms with E-state index < -0.39 is 24.4 Å². The van der Waals surface area contributed by atoms with Crippen LogP contribution in [0, 0.1) is 0 Å². The predicted octanol–water partition coefficient (Wildman–Crippen LogP) is 2.00. The van der Waals surface area contributed by atoms with Crippen LogP contribution in [0.3, 0.4) is 0 Å². The fourth-order valence-corrected chi connectivity index (χ4v) is 3.10. The molecule has 1 aliphatic rings. The summed E-state index contributed by atoms with van der Waals surface area (Å²) in [6.45, 7) is -0.536. The van der Waals surface area contributed by atoms with Crippen molar-refractivity contribution in [3.05, 3.63) is 53.6 Å². The lowest BCUT2D eigenvalue weighted by Gasteiger charge is -2.29. The van der Waals surface area contributed by atoms with E-state index in [1.165, 1.54) is 37.3 Å². The van der Waals surface area contributed by atoms with Crippen LogP contribution in [0.4, 0.5) is 5.69 Å². The molecular formula is C21H18N2O7S. The lowest BCUT2D eigenvalue weighted by Crippen LogP contribution is -2.54. The normalized spacial score (nSPS) is 15.0. The summed E-state index contributed by atoms with van der Waals surface area (Å²) in [6, 6.07) is 11.2. The van der Waals surface area contributed by atoms with E-state index in [9.17, 15) is 14.4 Å². The zero-order valence-corrected chi connectivity index (χ0v) is 17.4. The second-order valence-corrected chi connectivity index (χ2v) is 6.64. The Bertz CT molecular complexity index is 1080. The Kier molecular flexibility index (Phi) is 6.51. The molecule has 0 unspecified atom stereocenters. The standard InChI is InChI=1S/C21H18N2O7S/c1-28-14-6-4-13(5-7-14)23-20(27)15(19(26)22-21(23)31)9-12-3-8-16(17(10-12)29-2)30-11-18(24)25/h3-10H,11H2,1-2H3,(H,24,25)(H,22,26,31)/b15-9+. The van der Waals surface area contributed by atoms with Gasteiger partial charge in [-0.1, -0.05) is 6.07 Å². The molecule has 0 aliphatic carbocycles. The van der Waals surface area contributed by atoms with Gasteiger partial charge in [0.05, 0.1) is 19.9 Å². The molecule has 0 bridgehead atoms. The van der Waals surface area contributed by atoms with Crippen LogP contribution < -0.4 is 24.4 Å². The fourth-order valence-electron chi connectivity index (χ4n) is 2.82. The Morgan fingerprint density at radius 2 is 1.81 bits per heavy atom. The van der Waals surface area contributed by atoms with E-state index in [0.29, 0.717) is 17.0 Å². The van der Waals surface area contributed by atoms with Crippen molar-refractivity contribution in [1.82, 2.24) is 5.32 Å². The number of amides is 2. The van der Waals surface area contributed by atoms with Crippen molar-refractivity contribution in [2.24, 2.45) is 0 Å². The molecule has 160 valence electrons. The molecule has 2 aromatic carbocycles. The van der Waals surface area contributed by atoms with E-state index in [2.05, 4.69) is 5.32 Å². The molecule has 0 saturated carbocycles. The second-order valence-electron chi connectivity index (χ2n) is 6.25. The summed E-state index contributed by atoms with van der Waals surface area (Å²) < 4.78 is 15.5. The lowest BCUT2D eigenvalue weighted by atomic mass is 10.1. The summed E-state index contributed by atoms with van der Waals surface area (Å²) in [7, 11) is 2.92. The van der Waals surface area contributed by atoms with Crippen molar-refractivity contribution in [3.8, 4) is 17.2 Å². The summed E-state index contributed by atoms with van der Waals surface area (Å²) in [5.41, 5.74) is 0.808. The summed E-state index contributed by atoms with van der Waals surface area (Å²) in [4.78, 5) is 37.4. The molecule has 1 aliphatic heterocycles. The van der Waals surface area contributed by atoms with Crippen molar-refractivity contribution in [2.75, 3.05) is 25.7 Å². The third-order valence-electron chi connectivity index (χ3n) is 4.28. The molecule has 10 heteroatoms. The van der Waals surface area contributed by atoms with Gasteiger partial charge in [0.15, 0.2) is 23.2 Å². The Labute approximate surface area is 182 Å². The topological polar surface area (TPSA) is 114 Å². The monoisotopic (exact) mass is 442 g/mol. The summed E-state index contributed by atoms with van der Waals surface area (Å²) in [5, 5.41) is 11.2. The zero-order chi connectivity index (χ0) is 22.5. The van der Waals surface area contributed by atoms with Gasteiger partial charge in [-0.3, -0.25) is 19.8 Å². The molecule has 1 fully saturated rings. The van der Waals surface area contributed by atoms with E-state index in [0.717, 1.165) is 0 Å². The van der Waals surface area contributed by atoms with Crippen LogP contribution in [0.2, 0.25) is 0 Å². The predicted molar refractivity (Wildman–Crippen MR) is 115 cm³/mol. The molecule has 2 aromatic rings. The van der Waals surface area contributed by atoms with Gasteiger partial charge in [-0.25, -0.2) is 4.79 Å². The third kappa shape index (κ3) is 4.81. The first-order valence-corrected chi connectivity index (χ1v) is 9.33. The highest BCUT2D eigenvalue weighted by molar-refractivity contribution is 7.80. The molecular weight excluding hydrogens is 424 g/mol. The number of methoxy groups -OCH3 is 2. The molecule has 1 saturated heterocycles. The maximum Gasteiger partial charge on any atom is 0.341 e. The van der Waals surface area contributed by atoms with Gasteiger partial charge in [0, 0.05) is 0 Å². The number of carbonyl (C=O) groups is 3. The number of carbonyl (C=O) groups excluding carboxylic acids is 2. The third-order valence-corrected chi connectivity index (χ3v) is 4.57. The second kappa shape index (κ2) is 9.26. The average molecular weight is 442 g/mol. The summed E-state index contributed by atoms with van der Waals surface area (Å²) in [6.07, 6.45) is 1.39. The van der Waals surface area contributed by atoms with Gasteiger partial charge in [-0.15, -0.1) is 0 Å². The molecule has 2 N–H and O–H groups in total. The molecule has 0 radical (unpaired) electrons. The Morgan fingerprint density at radius 1 is 1.10 bits per heavy atom. The number of thiocarbonyl (C=S) groups is 1. The number of hydrogen-bond acceptors (Lipinski definition) is 7. The van der Waals surface area contributed by atoms with E-state index in [1.54, 1.807) is 30.3 Å². The number of nitrogens with one attached hydrogen (secondary N) is 1. The van der Waals surface area contributed by atoms with Crippen LogP contribution in [0.25, 0.3) is 6.08 Å². The smallest absolute Gasteiger partial charge is 0.341 e. The molecule has 31 heavy (non-hydrogen) atoms. The molecule has 1 heterocycles. The zero-order valence-electron chi connectivity index (χ0n) is 16.6. The van der Waals surface area contributed by atoms with Crippen molar-refractivity contribution in [1.29, 1.82) is 0 Å². The fraction of sp³-hybridized carbons (Fsp3) is 0.143. The maximum absolute atomic E-state index is 13.1. The maximum atomic E-state index is 13.1. The van der Waals surface area contributed by atoms with Crippen LogP contribution in [0.15, 0.2) is 48.0 Å². The first kappa shape index (κ1) is 21.8. The Balaban J connectivity index is 1.92. The SMILES string of the molecule is COc1ccc(N2C(=O)/C(=C/c3ccc(OCC(=O)O)c(OC)c3)C(=O)NC2=S)cc1. The van der Waals surface area contributed by atoms with Crippen LogP contribution in [0.1, 0.15) is 5.56 Å². The number of carboxylic acids is 1. The Morgan fingerprint density at radius 3 is 2.42 bits per heavy atom. The van der Waals surface area contributed by atoms with Gasteiger partial charge < -0.3 is 19.3 Å². The van der Waals surface area contributed by atoms with Crippen molar-refractivity contribution in [3.63, 3.8) is 0 Å². The van der Waals surface area contributed by atoms with E-state index in [4.69, 9.17) is 31.5 Å². The molecule has 0 spiro atoms. The summed E-state index contributed by atoms with van der Waals surface area (Å²) >= 11 is 5.18. The van der Waals surface area contributed by atoms with Crippen LogP contribution in [-0.2, 0) is 14.4 Å². The number of aliphatic carboxylic acids is 1. The van der Waals surface area contributed by atoms with E-state index in [1.807, 2.05) is 0 Å². The van der Waals surface area contributed by atoms with Crippen molar-refractivity contribution in [2.45, 2.75) is 0 Å². The summed E-state index contributed by atoms with van der Waals surface area (Å²) in [5.74, 6) is -1.29. The highest BCUT2D eigenvalue weighted by atomic mass is 32.1. The number of hydrogen-bond donors (Lipinski definition) is 2. The lowest BCUT2D eigenvalue weighted by molar-refractivity contribution is -0.139. The molecule has 0 aromatic heterocycles. The van der Waals surface area contributed by atoms with Crippen molar-refractivity contribution >= 4 is 46.9 Å². The van der Waals surface area contributed by atoms with Gasteiger partial charge >= 0.3 is 5.97 Å². The first-order chi connectivity index (χ1) is 14.8. The minimum Gasteiger partial charge on any atom is -0.497 e. The first-order valence-electron chi connectivity index (χ1n) is 8.92. The number of nitrogens with zero attached hydrogens (tertiary/aromatic N) is 1. The number of rotatable bonds is 7. The molecule has 9 nitrogen and oxygen atoms in total.